The third kappa shape index (κ3) is 6.86. The zero-order chi connectivity index (χ0) is 32.8. The molecule has 0 aliphatic heterocycles. The van der Waals surface area contributed by atoms with Gasteiger partial charge in [-0.2, -0.15) is 0 Å². The van der Waals surface area contributed by atoms with Crippen molar-refractivity contribution < 1.29 is 9.59 Å². The maximum Gasteiger partial charge on any atom is 0.257 e. The number of nitrogens with one attached hydrogen (secondary N) is 3. The summed E-state index contributed by atoms with van der Waals surface area (Å²) in [6.45, 7) is 10.3. The summed E-state index contributed by atoms with van der Waals surface area (Å²) in [5.41, 5.74) is 10.6. The monoisotopic (exact) mass is 614 g/mol. The normalized spacial score (nSPS) is 10.9. The molecule has 2 amide bonds. The minimum absolute atomic E-state index is 0.142. The van der Waals surface area contributed by atoms with E-state index in [1.165, 1.54) is 0 Å². The van der Waals surface area contributed by atoms with Crippen LogP contribution >= 0.6 is 0 Å². The van der Waals surface area contributed by atoms with E-state index in [9.17, 15) is 9.59 Å². The third-order valence-corrected chi connectivity index (χ3v) is 8.39. The number of anilines is 4. The van der Waals surface area contributed by atoms with Crippen LogP contribution in [0.4, 0.5) is 23.0 Å². The van der Waals surface area contributed by atoms with E-state index in [2.05, 4.69) is 72.9 Å². The van der Waals surface area contributed by atoms with Crippen molar-refractivity contribution >= 4 is 34.8 Å². The molecule has 0 aliphatic carbocycles. The Balaban J connectivity index is 1.32. The standard InChI is InChI=1S/C38H42N6O2/c1-7-25-13-11-14-26(8-2)34(25)42-36(45)29-17-18-31(24(5)21-29)40-38-39-20-19-32(41-38)33-22-30(23-44(33)6)37(46)43-35-27(9-3)15-12-16-28(35)10-4/h11-23H,7-10H2,1-6H3,(H,42,45)(H,43,46)(H,39,40,41). The zero-order valence-electron chi connectivity index (χ0n) is 27.5. The topological polar surface area (TPSA) is 101 Å². The van der Waals surface area contributed by atoms with Crippen LogP contribution in [0, 0.1) is 6.92 Å². The lowest BCUT2D eigenvalue weighted by atomic mass is 10.0. The Hall–Kier alpha value is -5.24. The minimum atomic E-state index is -0.159. The first-order valence-corrected chi connectivity index (χ1v) is 16.0. The van der Waals surface area contributed by atoms with Crippen molar-refractivity contribution in [2.24, 2.45) is 7.05 Å². The van der Waals surface area contributed by atoms with Gasteiger partial charge in [0.15, 0.2) is 0 Å². The van der Waals surface area contributed by atoms with Gasteiger partial charge >= 0.3 is 0 Å². The van der Waals surface area contributed by atoms with E-state index >= 15 is 0 Å². The van der Waals surface area contributed by atoms with Gasteiger partial charge in [0.25, 0.3) is 11.8 Å². The first kappa shape index (κ1) is 32.2. The fourth-order valence-corrected chi connectivity index (χ4v) is 5.75. The Kier molecular flexibility index (Phi) is 9.96. The molecule has 2 aromatic heterocycles. The van der Waals surface area contributed by atoms with E-state index in [4.69, 9.17) is 4.98 Å². The highest BCUT2D eigenvalue weighted by Gasteiger charge is 2.17. The maximum atomic E-state index is 13.3. The minimum Gasteiger partial charge on any atom is -0.348 e. The average molecular weight is 615 g/mol. The molecule has 0 unspecified atom stereocenters. The van der Waals surface area contributed by atoms with Gasteiger partial charge in [-0.25, -0.2) is 9.97 Å². The van der Waals surface area contributed by atoms with Gasteiger partial charge in [0.1, 0.15) is 0 Å². The van der Waals surface area contributed by atoms with Crippen molar-refractivity contribution in [3.63, 3.8) is 0 Å². The van der Waals surface area contributed by atoms with E-state index in [1.54, 1.807) is 12.3 Å². The van der Waals surface area contributed by atoms with Crippen LogP contribution in [0.5, 0.6) is 0 Å². The van der Waals surface area contributed by atoms with Crippen LogP contribution in [0.1, 0.15) is 76.2 Å². The van der Waals surface area contributed by atoms with Crippen LogP contribution < -0.4 is 16.0 Å². The van der Waals surface area contributed by atoms with Gasteiger partial charge in [-0.3, -0.25) is 9.59 Å². The second-order valence-corrected chi connectivity index (χ2v) is 11.4. The highest BCUT2D eigenvalue weighted by atomic mass is 16.2. The predicted octanol–water partition coefficient (Wildman–Crippen LogP) is 8.29. The van der Waals surface area contributed by atoms with Crippen molar-refractivity contribution in [1.29, 1.82) is 0 Å². The van der Waals surface area contributed by atoms with Crippen LogP contribution in [-0.4, -0.2) is 26.3 Å². The van der Waals surface area contributed by atoms with Crippen LogP contribution in [0.2, 0.25) is 0 Å². The lowest BCUT2D eigenvalue weighted by Gasteiger charge is -2.15. The number of carbonyl (C=O) groups excluding carboxylic acids is 2. The summed E-state index contributed by atoms with van der Waals surface area (Å²) in [6.07, 6.45) is 6.86. The summed E-state index contributed by atoms with van der Waals surface area (Å²) < 4.78 is 1.90. The van der Waals surface area contributed by atoms with E-state index in [0.717, 1.165) is 76.3 Å². The SMILES string of the molecule is CCc1cccc(CC)c1NC(=O)c1ccc(Nc2nccc(-c3cc(C(=O)Nc4c(CC)cccc4CC)cn3C)n2)c(C)c1. The fourth-order valence-electron chi connectivity index (χ4n) is 5.75. The first-order chi connectivity index (χ1) is 22.3. The summed E-state index contributed by atoms with van der Waals surface area (Å²) in [6, 6.07) is 21.5. The second kappa shape index (κ2) is 14.2. The van der Waals surface area contributed by atoms with Crippen molar-refractivity contribution in [3.8, 4) is 11.4 Å². The number of para-hydroxylation sites is 2. The second-order valence-electron chi connectivity index (χ2n) is 11.4. The van der Waals surface area contributed by atoms with Gasteiger partial charge in [0, 0.05) is 42.1 Å². The summed E-state index contributed by atoms with van der Waals surface area (Å²) in [7, 11) is 1.90. The van der Waals surface area contributed by atoms with E-state index in [1.807, 2.05) is 61.1 Å². The fraction of sp³-hybridized carbons (Fsp3) is 0.263. The molecule has 0 saturated heterocycles. The number of carbonyl (C=O) groups is 2. The summed E-state index contributed by atoms with van der Waals surface area (Å²) in [4.78, 5) is 35.7. The number of hydrogen-bond acceptors (Lipinski definition) is 5. The van der Waals surface area contributed by atoms with Gasteiger partial charge < -0.3 is 20.5 Å². The molecule has 5 aromatic rings. The quantitative estimate of drug-likeness (QED) is 0.139. The lowest BCUT2D eigenvalue weighted by molar-refractivity contribution is 0.101. The molecule has 0 bridgehead atoms. The lowest BCUT2D eigenvalue weighted by Crippen LogP contribution is -2.15. The number of rotatable bonds is 11. The number of aryl methyl sites for hydroxylation is 6. The van der Waals surface area contributed by atoms with Gasteiger partial charge in [0.05, 0.1) is 17.0 Å². The Bertz CT molecular complexity index is 1850. The molecule has 3 N–H and O–H groups in total. The summed E-state index contributed by atoms with van der Waals surface area (Å²) >= 11 is 0. The molecule has 0 atom stereocenters. The van der Waals surface area contributed by atoms with Gasteiger partial charge in [-0.15, -0.1) is 0 Å². The molecule has 2 heterocycles. The largest absolute Gasteiger partial charge is 0.348 e. The van der Waals surface area contributed by atoms with Gasteiger partial charge in [-0.1, -0.05) is 64.1 Å². The molecule has 0 saturated carbocycles. The molecule has 0 spiro atoms. The number of hydrogen-bond donors (Lipinski definition) is 3. The Labute approximate surface area is 271 Å². The van der Waals surface area contributed by atoms with Crippen molar-refractivity contribution in [3.05, 3.63) is 118 Å². The molecule has 0 fully saturated rings. The number of aromatic nitrogens is 3. The molecule has 0 aliphatic rings. The van der Waals surface area contributed by atoms with Crippen LogP contribution in [-0.2, 0) is 32.7 Å². The Morgan fingerprint density at radius 3 is 1.78 bits per heavy atom. The summed E-state index contributed by atoms with van der Waals surface area (Å²) in [5.74, 6) is 0.115. The smallest absolute Gasteiger partial charge is 0.257 e. The van der Waals surface area contributed by atoms with Gasteiger partial charge in [-0.05, 0) is 90.8 Å². The van der Waals surface area contributed by atoms with Gasteiger partial charge in [0.2, 0.25) is 5.95 Å². The van der Waals surface area contributed by atoms with Crippen molar-refractivity contribution in [2.75, 3.05) is 16.0 Å². The molecule has 8 nitrogen and oxygen atoms in total. The van der Waals surface area contributed by atoms with Crippen LogP contribution in [0.25, 0.3) is 11.4 Å². The molecule has 5 rings (SSSR count). The molecule has 46 heavy (non-hydrogen) atoms. The number of amides is 2. The third-order valence-electron chi connectivity index (χ3n) is 8.39. The molecular weight excluding hydrogens is 572 g/mol. The highest BCUT2D eigenvalue weighted by Crippen LogP contribution is 2.28. The molecule has 236 valence electrons. The van der Waals surface area contributed by atoms with E-state index < -0.39 is 0 Å². The molecular formula is C38H42N6O2. The van der Waals surface area contributed by atoms with Crippen LogP contribution in [0.3, 0.4) is 0 Å². The Morgan fingerprint density at radius 2 is 1.26 bits per heavy atom. The van der Waals surface area contributed by atoms with E-state index in [0.29, 0.717) is 22.8 Å². The van der Waals surface area contributed by atoms with E-state index in [-0.39, 0.29) is 11.8 Å². The average Bonchev–Trinajstić information content (AvgIpc) is 3.47. The van der Waals surface area contributed by atoms with Crippen molar-refractivity contribution in [1.82, 2.24) is 14.5 Å². The number of nitrogens with zero attached hydrogens (tertiary/aromatic N) is 3. The molecule has 0 radical (unpaired) electrons. The summed E-state index contributed by atoms with van der Waals surface area (Å²) in [5, 5.41) is 9.59. The maximum absolute atomic E-state index is 13.3. The Morgan fingerprint density at radius 1 is 0.717 bits per heavy atom. The first-order valence-electron chi connectivity index (χ1n) is 16.0. The molecule has 8 heteroatoms. The predicted molar refractivity (Wildman–Crippen MR) is 187 cm³/mol. The highest BCUT2D eigenvalue weighted by molar-refractivity contribution is 6.06. The number of benzene rings is 3. The van der Waals surface area contributed by atoms with Crippen molar-refractivity contribution in [2.45, 2.75) is 60.3 Å². The zero-order valence-corrected chi connectivity index (χ0v) is 27.5. The molecule has 3 aromatic carbocycles. The van der Waals surface area contributed by atoms with Crippen LogP contribution in [0.15, 0.2) is 79.1 Å².